The van der Waals surface area contributed by atoms with Crippen molar-refractivity contribution in [3.8, 4) is 6.07 Å². The number of carbonyl (C=O) groups excluding carboxylic acids is 1. The van der Waals surface area contributed by atoms with Crippen LogP contribution >= 0.6 is 0 Å². The van der Waals surface area contributed by atoms with Crippen LogP contribution in [-0.4, -0.2) is 66.7 Å². The van der Waals surface area contributed by atoms with Crippen LogP contribution in [0.15, 0.2) is 18.2 Å². The van der Waals surface area contributed by atoms with Crippen LogP contribution in [-0.2, 0) is 4.74 Å². The molecule has 1 aromatic carbocycles. The molecule has 0 aliphatic carbocycles. The van der Waals surface area contributed by atoms with Crippen LogP contribution in [0.1, 0.15) is 33.1 Å². The number of halogens is 2. The predicted molar refractivity (Wildman–Crippen MR) is 114 cm³/mol. The van der Waals surface area contributed by atoms with Gasteiger partial charge in [-0.3, -0.25) is 4.90 Å². The third kappa shape index (κ3) is 5.21. The van der Waals surface area contributed by atoms with Gasteiger partial charge in [0.05, 0.1) is 43.0 Å². The van der Waals surface area contributed by atoms with Crippen molar-refractivity contribution in [1.82, 2.24) is 4.90 Å². The molecule has 174 valence electrons. The molecule has 8 nitrogen and oxygen atoms in total. The van der Waals surface area contributed by atoms with Crippen molar-refractivity contribution in [2.24, 2.45) is 5.92 Å². The van der Waals surface area contributed by atoms with Gasteiger partial charge in [0.1, 0.15) is 18.1 Å². The molecule has 1 aromatic rings. The van der Waals surface area contributed by atoms with E-state index in [0.717, 1.165) is 0 Å². The van der Waals surface area contributed by atoms with Crippen LogP contribution in [0.4, 0.5) is 29.7 Å². The number of carboxylic acid groups (broad SMARTS) is 1. The summed E-state index contributed by atoms with van der Waals surface area (Å²) in [4.78, 5) is 27.9. The molecule has 32 heavy (non-hydrogen) atoms. The maximum Gasteiger partial charge on any atom is 0.414 e. The van der Waals surface area contributed by atoms with Gasteiger partial charge in [-0.25, -0.2) is 18.4 Å². The third-order valence-corrected chi connectivity index (χ3v) is 5.70. The molecular weight excluding hydrogens is 422 g/mol. The quantitative estimate of drug-likeness (QED) is 0.674. The fourth-order valence-electron chi connectivity index (χ4n) is 4.28. The van der Waals surface area contributed by atoms with Gasteiger partial charge in [0.15, 0.2) is 0 Å². The molecule has 3 rings (SSSR count). The minimum Gasteiger partial charge on any atom is -0.465 e. The lowest BCUT2D eigenvalue weighted by Gasteiger charge is -2.38. The maximum absolute atomic E-state index is 15.0. The second kappa shape index (κ2) is 10.0. The Morgan fingerprint density at radius 1 is 1.44 bits per heavy atom. The zero-order chi connectivity index (χ0) is 23.4. The van der Waals surface area contributed by atoms with Gasteiger partial charge in [0.25, 0.3) is 0 Å². The van der Waals surface area contributed by atoms with Gasteiger partial charge in [0, 0.05) is 13.1 Å². The molecule has 2 aliphatic heterocycles. The summed E-state index contributed by atoms with van der Waals surface area (Å²) < 4.78 is 34.6. The van der Waals surface area contributed by atoms with E-state index in [2.05, 4.69) is 0 Å². The van der Waals surface area contributed by atoms with E-state index < -0.39 is 36.3 Å². The number of cyclic esters (lactones) is 1. The number of hydrogen-bond acceptors (Lipinski definition) is 5. The first-order valence-corrected chi connectivity index (χ1v) is 10.7. The van der Waals surface area contributed by atoms with Crippen molar-refractivity contribution >= 4 is 23.6 Å². The van der Waals surface area contributed by atoms with E-state index in [9.17, 15) is 19.1 Å². The monoisotopic (exact) mass is 450 g/mol. The Morgan fingerprint density at radius 2 is 2.19 bits per heavy atom. The number of rotatable bonds is 7. The van der Waals surface area contributed by atoms with Crippen molar-refractivity contribution < 1.29 is 28.2 Å². The van der Waals surface area contributed by atoms with Crippen LogP contribution in [0.3, 0.4) is 0 Å². The molecule has 2 heterocycles. The van der Waals surface area contributed by atoms with Crippen LogP contribution in [0.2, 0.25) is 0 Å². The first kappa shape index (κ1) is 23.6. The molecule has 2 amide bonds. The number of ether oxygens (including phenoxy) is 1. The Hall–Kier alpha value is -3.09. The molecule has 0 radical (unpaired) electrons. The molecule has 0 bridgehead atoms. The Bertz CT molecular complexity index is 891. The summed E-state index contributed by atoms with van der Waals surface area (Å²) in [5.74, 6) is -0.507. The molecule has 0 saturated carbocycles. The lowest BCUT2D eigenvalue weighted by atomic mass is 9.97. The number of nitriles is 1. The highest BCUT2D eigenvalue weighted by Gasteiger charge is 2.36. The molecular formula is C22H28F2N4O4. The van der Waals surface area contributed by atoms with E-state index in [1.54, 1.807) is 11.0 Å². The van der Waals surface area contributed by atoms with Gasteiger partial charge >= 0.3 is 12.2 Å². The summed E-state index contributed by atoms with van der Waals surface area (Å²) >= 11 is 0. The van der Waals surface area contributed by atoms with E-state index in [0.29, 0.717) is 25.9 Å². The zero-order valence-corrected chi connectivity index (χ0v) is 18.2. The minimum absolute atomic E-state index is 0.0256. The normalized spacial score (nSPS) is 23.2. The molecule has 0 spiro atoms. The van der Waals surface area contributed by atoms with E-state index in [4.69, 9.17) is 10.00 Å². The average molecular weight is 450 g/mol. The summed E-state index contributed by atoms with van der Waals surface area (Å²) in [5.41, 5.74) is 0.463. The average Bonchev–Trinajstić information content (AvgIpc) is 3.09. The molecule has 2 fully saturated rings. The maximum atomic E-state index is 15.0. The minimum atomic E-state index is -1.21. The number of benzene rings is 1. The summed E-state index contributed by atoms with van der Waals surface area (Å²) in [5, 5.41) is 18.4. The largest absolute Gasteiger partial charge is 0.465 e. The summed E-state index contributed by atoms with van der Waals surface area (Å²) in [6, 6.07) is 5.48. The molecule has 2 aliphatic rings. The van der Waals surface area contributed by atoms with Gasteiger partial charge in [-0.05, 0) is 37.0 Å². The predicted octanol–water partition coefficient (Wildman–Crippen LogP) is 4.01. The van der Waals surface area contributed by atoms with Crippen molar-refractivity contribution in [2.45, 2.75) is 51.4 Å². The number of nitrogens with zero attached hydrogens (tertiary/aromatic N) is 4. The summed E-state index contributed by atoms with van der Waals surface area (Å²) in [7, 11) is 0. The van der Waals surface area contributed by atoms with Gasteiger partial charge in [0.2, 0.25) is 0 Å². The molecule has 3 unspecified atom stereocenters. The first-order valence-electron chi connectivity index (χ1n) is 10.7. The Kier molecular flexibility index (Phi) is 7.38. The van der Waals surface area contributed by atoms with Gasteiger partial charge < -0.3 is 19.6 Å². The highest BCUT2D eigenvalue weighted by molar-refractivity contribution is 5.90. The topological polar surface area (TPSA) is 97.1 Å². The zero-order valence-electron chi connectivity index (χ0n) is 18.2. The van der Waals surface area contributed by atoms with Gasteiger partial charge in [-0.2, -0.15) is 5.26 Å². The number of carbonyl (C=O) groups is 2. The van der Waals surface area contributed by atoms with Gasteiger partial charge in [-0.15, -0.1) is 0 Å². The molecule has 1 N–H and O–H groups in total. The fourth-order valence-corrected chi connectivity index (χ4v) is 4.28. The lowest BCUT2D eigenvalue weighted by Crippen LogP contribution is -2.46. The van der Waals surface area contributed by atoms with E-state index in [1.807, 2.05) is 19.9 Å². The Morgan fingerprint density at radius 3 is 2.81 bits per heavy atom. The van der Waals surface area contributed by atoms with E-state index in [1.165, 1.54) is 21.9 Å². The number of hydrogen-bond donors (Lipinski definition) is 1. The molecule has 10 heteroatoms. The standard InChI is InChI=1S/C22H28F2N4O4/c1-14(2)11-26(21(29)30)12-16-13-28(22(31)32-16)15-5-6-19(18(24)10-15)27-9-3-4-17(23)20(27)7-8-25/h5-6,10,14,16-17,20H,3-4,7,9,11-13H2,1-2H3,(H,29,30). The van der Waals surface area contributed by atoms with Crippen molar-refractivity contribution in [3.63, 3.8) is 0 Å². The van der Waals surface area contributed by atoms with Crippen molar-refractivity contribution in [2.75, 3.05) is 36.0 Å². The lowest BCUT2D eigenvalue weighted by molar-refractivity contribution is 0.0924. The fraction of sp³-hybridized carbons (Fsp3) is 0.591. The van der Waals surface area contributed by atoms with Crippen molar-refractivity contribution in [1.29, 1.82) is 5.26 Å². The van der Waals surface area contributed by atoms with Gasteiger partial charge in [-0.1, -0.05) is 13.8 Å². The second-order valence-electron chi connectivity index (χ2n) is 8.61. The smallest absolute Gasteiger partial charge is 0.414 e. The number of piperidine rings is 1. The number of amides is 2. The van der Waals surface area contributed by atoms with E-state index in [-0.39, 0.29) is 36.8 Å². The molecule has 2 saturated heterocycles. The first-order chi connectivity index (χ1) is 15.2. The van der Waals surface area contributed by atoms with Crippen molar-refractivity contribution in [3.05, 3.63) is 24.0 Å². The van der Waals surface area contributed by atoms with Crippen LogP contribution < -0.4 is 9.80 Å². The molecule has 3 atom stereocenters. The number of alkyl halides is 1. The highest BCUT2D eigenvalue weighted by atomic mass is 19.1. The number of anilines is 2. The third-order valence-electron chi connectivity index (χ3n) is 5.70. The Balaban J connectivity index is 1.74. The van der Waals surface area contributed by atoms with Crippen LogP contribution in [0.5, 0.6) is 0 Å². The SMILES string of the molecule is CC(C)CN(CC1CN(c2ccc(N3CCCC(F)C3CC#N)c(F)c2)C(=O)O1)C(=O)O. The highest BCUT2D eigenvalue weighted by Crippen LogP contribution is 2.33. The van der Waals surface area contributed by atoms with E-state index >= 15 is 4.39 Å². The molecule has 0 aromatic heterocycles. The van der Waals surface area contributed by atoms with Crippen LogP contribution in [0, 0.1) is 23.1 Å². The Labute approximate surface area is 185 Å². The summed E-state index contributed by atoms with van der Waals surface area (Å²) in [6.45, 7) is 4.65. The van der Waals surface area contributed by atoms with Crippen LogP contribution in [0.25, 0.3) is 0 Å². The second-order valence-corrected chi connectivity index (χ2v) is 8.61. The summed E-state index contributed by atoms with van der Waals surface area (Å²) in [6.07, 6.45) is -2.80.